The zero-order valence-corrected chi connectivity index (χ0v) is 11.6. The van der Waals surface area contributed by atoms with E-state index in [1.807, 2.05) is 0 Å². The maximum Gasteiger partial charge on any atom is 0.339 e. The molecule has 1 unspecified atom stereocenters. The van der Waals surface area contributed by atoms with Gasteiger partial charge in [0.25, 0.3) is 0 Å². The Hall–Kier alpha value is -2.19. The van der Waals surface area contributed by atoms with Gasteiger partial charge in [0, 0.05) is 11.3 Å². The number of nitrogens with zero attached hydrogens (tertiary/aromatic N) is 5. The number of aromatic nitrogens is 4. The Balaban J connectivity index is 2.36. The lowest BCUT2D eigenvalue weighted by Crippen LogP contribution is -2.35. The Morgan fingerprint density at radius 1 is 1.50 bits per heavy atom. The normalized spacial score (nSPS) is 12.2. The van der Waals surface area contributed by atoms with Crippen molar-refractivity contribution < 1.29 is 10.0 Å². The second kappa shape index (κ2) is 5.43. The molecule has 2 amide bonds. The van der Waals surface area contributed by atoms with Crippen LogP contribution >= 0.6 is 11.6 Å². The van der Waals surface area contributed by atoms with Crippen molar-refractivity contribution >= 4 is 17.6 Å². The highest BCUT2D eigenvalue weighted by Gasteiger charge is 2.22. The summed E-state index contributed by atoms with van der Waals surface area (Å²) in [4.78, 5) is 11.0. The fraction of sp³-hybridized carbons (Fsp3) is 0.273. The Bertz CT molecular complexity index is 626. The van der Waals surface area contributed by atoms with Gasteiger partial charge in [-0.25, -0.2) is 9.48 Å². The predicted molar refractivity (Wildman–Crippen MR) is 70.5 cm³/mol. The molecular weight excluding hydrogens is 284 g/mol. The van der Waals surface area contributed by atoms with Crippen LogP contribution in [0.4, 0.5) is 4.79 Å². The summed E-state index contributed by atoms with van der Waals surface area (Å²) in [6, 6.07) is 1.70. The van der Waals surface area contributed by atoms with Gasteiger partial charge in [-0.1, -0.05) is 11.6 Å². The molecule has 2 heterocycles. The Labute approximate surface area is 119 Å². The topological polar surface area (TPSA) is 110 Å². The van der Waals surface area contributed by atoms with E-state index in [1.165, 1.54) is 10.9 Å². The number of hydroxylamine groups is 2. The summed E-state index contributed by atoms with van der Waals surface area (Å²) in [5, 5.41) is 22.1. The van der Waals surface area contributed by atoms with Crippen LogP contribution in [-0.2, 0) is 0 Å². The van der Waals surface area contributed by atoms with Gasteiger partial charge in [-0.15, -0.1) is 10.2 Å². The van der Waals surface area contributed by atoms with Crippen molar-refractivity contribution in [1.82, 2.24) is 25.0 Å². The molecule has 0 aliphatic carbocycles. The third-order valence-corrected chi connectivity index (χ3v) is 3.13. The lowest BCUT2D eigenvalue weighted by Gasteiger charge is -2.20. The number of urea groups is 1. The average Bonchev–Trinajstić information content (AvgIpc) is 2.80. The lowest BCUT2D eigenvalue weighted by atomic mass is 10.1. The van der Waals surface area contributed by atoms with E-state index in [9.17, 15) is 10.0 Å². The standard InChI is InChI=1S/C11H13ClN6O2/c1-6-8(7(2)18(20)11(13)19)5-14-17(6)10-4-3-9(12)15-16-10/h3-5,7,20H,1-2H3,(H2,13,19). The summed E-state index contributed by atoms with van der Waals surface area (Å²) < 4.78 is 1.53. The van der Waals surface area contributed by atoms with Crippen LogP contribution in [0.5, 0.6) is 0 Å². The summed E-state index contributed by atoms with van der Waals surface area (Å²) in [5.74, 6) is 0.480. The number of carbonyl (C=O) groups is 1. The predicted octanol–water partition coefficient (Wildman–Crippen LogP) is 1.46. The van der Waals surface area contributed by atoms with E-state index in [1.54, 1.807) is 26.0 Å². The minimum Gasteiger partial charge on any atom is -0.350 e. The first-order chi connectivity index (χ1) is 9.41. The summed E-state index contributed by atoms with van der Waals surface area (Å²) in [5.41, 5.74) is 6.38. The van der Waals surface area contributed by atoms with Crippen molar-refractivity contribution in [2.24, 2.45) is 5.73 Å². The minimum atomic E-state index is -0.934. The summed E-state index contributed by atoms with van der Waals surface area (Å²) >= 11 is 5.68. The molecule has 0 fully saturated rings. The van der Waals surface area contributed by atoms with Gasteiger partial charge in [0.2, 0.25) is 0 Å². The summed E-state index contributed by atoms with van der Waals surface area (Å²) in [7, 11) is 0. The van der Waals surface area contributed by atoms with E-state index in [0.717, 1.165) is 0 Å². The van der Waals surface area contributed by atoms with E-state index in [4.69, 9.17) is 17.3 Å². The molecule has 0 saturated carbocycles. The van der Waals surface area contributed by atoms with Crippen molar-refractivity contribution in [2.75, 3.05) is 0 Å². The van der Waals surface area contributed by atoms with Gasteiger partial charge in [-0.2, -0.15) is 10.2 Å². The van der Waals surface area contributed by atoms with Crippen LogP contribution in [-0.4, -0.2) is 36.3 Å². The van der Waals surface area contributed by atoms with Gasteiger partial charge >= 0.3 is 6.03 Å². The molecule has 2 aromatic rings. The van der Waals surface area contributed by atoms with Gasteiger partial charge in [0.1, 0.15) is 0 Å². The molecule has 0 aliphatic heterocycles. The molecule has 2 rings (SSSR count). The van der Waals surface area contributed by atoms with Crippen molar-refractivity contribution in [1.29, 1.82) is 0 Å². The van der Waals surface area contributed by atoms with E-state index in [2.05, 4.69) is 15.3 Å². The molecule has 8 nitrogen and oxygen atoms in total. The zero-order valence-electron chi connectivity index (χ0n) is 10.9. The van der Waals surface area contributed by atoms with Crippen molar-refractivity contribution in [3.63, 3.8) is 0 Å². The smallest absolute Gasteiger partial charge is 0.339 e. The van der Waals surface area contributed by atoms with Gasteiger partial charge in [0.05, 0.1) is 12.2 Å². The van der Waals surface area contributed by atoms with E-state index >= 15 is 0 Å². The van der Waals surface area contributed by atoms with Crippen molar-refractivity contribution in [3.8, 4) is 5.82 Å². The fourth-order valence-electron chi connectivity index (χ4n) is 1.81. The number of hydrogen-bond donors (Lipinski definition) is 2. The Morgan fingerprint density at radius 2 is 2.20 bits per heavy atom. The maximum absolute atomic E-state index is 11.0. The molecule has 106 valence electrons. The van der Waals surface area contributed by atoms with Crippen LogP contribution < -0.4 is 5.73 Å². The quantitative estimate of drug-likeness (QED) is 0.658. The number of rotatable bonds is 3. The average molecular weight is 297 g/mol. The van der Waals surface area contributed by atoms with E-state index < -0.39 is 12.1 Å². The van der Waals surface area contributed by atoms with Crippen LogP contribution in [0.15, 0.2) is 18.3 Å². The fourth-order valence-corrected chi connectivity index (χ4v) is 1.91. The Morgan fingerprint density at radius 3 is 2.75 bits per heavy atom. The first kappa shape index (κ1) is 14.2. The number of primary amides is 1. The molecule has 3 N–H and O–H groups in total. The molecule has 0 bridgehead atoms. The molecular formula is C11H13ClN6O2. The van der Waals surface area contributed by atoms with Crippen LogP contribution in [0.1, 0.15) is 24.2 Å². The SMILES string of the molecule is Cc1c(C(C)N(O)C(N)=O)cnn1-c1ccc(Cl)nn1. The molecule has 2 aromatic heterocycles. The molecule has 0 aromatic carbocycles. The van der Waals surface area contributed by atoms with Crippen LogP contribution in [0.25, 0.3) is 5.82 Å². The van der Waals surface area contributed by atoms with E-state index in [-0.39, 0.29) is 5.15 Å². The second-order valence-electron chi connectivity index (χ2n) is 4.17. The number of halogens is 1. The van der Waals surface area contributed by atoms with Crippen molar-refractivity contribution in [2.45, 2.75) is 19.9 Å². The van der Waals surface area contributed by atoms with Crippen LogP contribution in [0, 0.1) is 6.92 Å². The molecule has 0 spiro atoms. The summed E-state index contributed by atoms with van der Waals surface area (Å²) in [6.45, 7) is 3.41. The highest BCUT2D eigenvalue weighted by molar-refractivity contribution is 6.29. The van der Waals surface area contributed by atoms with Gasteiger partial charge in [-0.3, -0.25) is 5.21 Å². The zero-order chi connectivity index (χ0) is 14.9. The number of carbonyl (C=O) groups excluding carboxylic acids is 1. The van der Waals surface area contributed by atoms with Crippen LogP contribution in [0.3, 0.4) is 0 Å². The molecule has 1 atom stereocenters. The third-order valence-electron chi connectivity index (χ3n) is 2.93. The third kappa shape index (κ3) is 2.56. The Kier molecular flexibility index (Phi) is 3.86. The molecule has 0 saturated heterocycles. The van der Waals surface area contributed by atoms with E-state index in [0.29, 0.717) is 22.1 Å². The molecule has 20 heavy (non-hydrogen) atoms. The largest absolute Gasteiger partial charge is 0.350 e. The minimum absolute atomic E-state index is 0.280. The number of amides is 2. The van der Waals surface area contributed by atoms with Crippen LogP contribution in [0.2, 0.25) is 5.15 Å². The molecule has 9 heteroatoms. The number of nitrogens with two attached hydrogens (primary N) is 1. The maximum atomic E-state index is 11.0. The first-order valence-electron chi connectivity index (χ1n) is 5.73. The molecule has 0 aliphatic rings. The van der Waals surface area contributed by atoms with Gasteiger partial charge in [0.15, 0.2) is 11.0 Å². The van der Waals surface area contributed by atoms with Gasteiger partial charge < -0.3 is 5.73 Å². The first-order valence-corrected chi connectivity index (χ1v) is 6.11. The van der Waals surface area contributed by atoms with Gasteiger partial charge in [-0.05, 0) is 26.0 Å². The number of hydrogen-bond acceptors (Lipinski definition) is 5. The lowest BCUT2D eigenvalue weighted by molar-refractivity contribution is -0.0711. The summed E-state index contributed by atoms with van der Waals surface area (Å²) in [6.07, 6.45) is 1.53. The molecule has 0 radical (unpaired) electrons. The second-order valence-corrected chi connectivity index (χ2v) is 4.56. The highest BCUT2D eigenvalue weighted by atomic mass is 35.5. The van der Waals surface area contributed by atoms with Crippen molar-refractivity contribution in [3.05, 3.63) is 34.7 Å². The monoisotopic (exact) mass is 296 g/mol. The highest BCUT2D eigenvalue weighted by Crippen LogP contribution is 2.23.